The van der Waals surface area contributed by atoms with Crippen molar-refractivity contribution in [1.29, 1.82) is 0 Å². The van der Waals surface area contributed by atoms with Crippen molar-refractivity contribution in [1.82, 2.24) is 4.98 Å². The van der Waals surface area contributed by atoms with Gasteiger partial charge in [-0.05, 0) is 19.1 Å². The van der Waals surface area contributed by atoms with E-state index in [4.69, 9.17) is 14.2 Å². The summed E-state index contributed by atoms with van der Waals surface area (Å²) in [4.78, 5) is 29.3. The van der Waals surface area contributed by atoms with E-state index < -0.39 is 18.0 Å². The van der Waals surface area contributed by atoms with Gasteiger partial charge >= 0.3 is 5.97 Å². The average molecular weight is 412 g/mol. The minimum absolute atomic E-state index is 0.202. The fourth-order valence-corrected chi connectivity index (χ4v) is 3.25. The van der Waals surface area contributed by atoms with E-state index in [1.165, 1.54) is 38.5 Å². The second-order valence-corrected chi connectivity index (χ2v) is 6.87. The van der Waals surface area contributed by atoms with Crippen molar-refractivity contribution in [3.63, 3.8) is 0 Å². The van der Waals surface area contributed by atoms with Gasteiger partial charge in [0.15, 0.2) is 11.2 Å². The first-order valence-electron chi connectivity index (χ1n) is 8.76. The first-order chi connectivity index (χ1) is 14.0. The molecule has 0 aliphatic heterocycles. The highest BCUT2D eigenvalue weighted by atomic mass is 32.1. The molecule has 0 bridgehead atoms. The molecule has 0 fully saturated rings. The number of aromatic nitrogens is 1. The molecule has 2 aromatic carbocycles. The predicted octanol–water partition coefficient (Wildman–Crippen LogP) is 4.01. The largest absolute Gasteiger partial charge is 0.497 e. The van der Waals surface area contributed by atoms with Crippen LogP contribution in [0.25, 0.3) is 11.3 Å². The Labute approximate surface area is 172 Å². The molecule has 1 N–H and O–H groups in total. The standard InChI is InChI=1S/C21H20N2O5S/c1-13(28-20(25)16-10-9-15(26-2)11-18(16)27-3)19(24)23-21-22-17(12-29-21)14-7-5-4-6-8-14/h4-13H,1-3H3,(H,22,23,24). The predicted molar refractivity (Wildman–Crippen MR) is 111 cm³/mol. The van der Waals surface area contributed by atoms with E-state index in [0.717, 1.165) is 11.3 Å². The molecular weight excluding hydrogens is 392 g/mol. The van der Waals surface area contributed by atoms with E-state index in [-0.39, 0.29) is 5.56 Å². The van der Waals surface area contributed by atoms with E-state index in [1.807, 2.05) is 35.7 Å². The number of methoxy groups -OCH3 is 2. The van der Waals surface area contributed by atoms with Crippen molar-refractivity contribution in [3.05, 3.63) is 59.5 Å². The molecule has 0 saturated carbocycles. The van der Waals surface area contributed by atoms with Gasteiger partial charge in [0.2, 0.25) is 0 Å². The van der Waals surface area contributed by atoms with Crippen LogP contribution in [0, 0.1) is 0 Å². The summed E-state index contributed by atoms with van der Waals surface area (Å²) in [5.74, 6) is -0.298. The van der Waals surface area contributed by atoms with Crippen LogP contribution in [-0.4, -0.2) is 37.2 Å². The molecule has 1 aromatic heterocycles. The number of nitrogens with one attached hydrogen (secondary N) is 1. The Morgan fingerprint density at radius 3 is 2.52 bits per heavy atom. The lowest BCUT2D eigenvalue weighted by molar-refractivity contribution is -0.123. The van der Waals surface area contributed by atoms with Crippen LogP contribution in [0.1, 0.15) is 17.3 Å². The van der Waals surface area contributed by atoms with Crippen LogP contribution in [0.15, 0.2) is 53.9 Å². The zero-order chi connectivity index (χ0) is 20.8. The normalized spacial score (nSPS) is 11.4. The van der Waals surface area contributed by atoms with Gasteiger partial charge in [0, 0.05) is 17.0 Å². The Hall–Kier alpha value is -3.39. The summed E-state index contributed by atoms with van der Waals surface area (Å²) in [5, 5.41) is 4.96. The number of benzene rings is 2. The number of esters is 1. The van der Waals surface area contributed by atoms with E-state index >= 15 is 0 Å². The number of hydrogen-bond donors (Lipinski definition) is 1. The van der Waals surface area contributed by atoms with E-state index in [9.17, 15) is 9.59 Å². The zero-order valence-corrected chi connectivity index (χ0v) is 17.0. The van der Waals surface area contributed by atoms with Crippen molar-refractivity contribution in [2.24, 2.45) is 0 Å². The molecule has 29 heavy (non-hydrogen) atoms. The van der Waals surface area contributed by atoms with E-state index in [2.05, 4.69) is 10.3 Å². The molecule has 0 aliphatic rings. The van der Waals surface area contributed by atoms with Gasteiger partial charge in [-0.25, -0.2) is 9.78 Å². The van der Waals surface area contributed by atoms with Crippen molar-refractivity contribution in [2.75, 3.05) is 19.5 Å². The average Bonchev–Trinajstić information content (AvgIpc) is 3.22. The molecule has 0 aliphatic carbocycles. The van der Waals surface area contributed by atoms with Gasteiger partial charge in [0.05, 0.1) is 19.9 Å². The maximum Gasteiger partial charge on any atom is 0.342 e. The Morgan fingerprint density at radius 1 is 1.07 bits per heavy atom. The SMILES string of the molecule is COc1ccc(C(=O)OC(C)C(=O)Nc2nc(-c3ccccc3)cs2)c(OC)c1. The van der Waals surface area contributed by atoms with Gasteiger partial charge in [-0.1, -0.05) is 30.3 Å². The smallest absolute Gasteiger partial charge is 0.342 e. The summed E-state index contributed by atoms with van der Waals surface area (Å²) < 4.78 is 15.6. The van der Waals surface area contributed by atoms with Crippen LogP contribution in [0.2, 0.25) is 0 Å². The summed E-state index contributed by atoms with van der Waals surface area (Å²) in [7, 11) is 2.95. The van der Waals surface area contributed by atoms with E-state index in [1.54, 1.807) is 12.1 Å². The minimum atomic E-state index is -1.02. The Balaban J connectivity index is 1.64. The van der Waals surface area contributed by atoms with Gasteiger partial charge in [-0.2, -0.15) is 0 Å². The minimum Gasteiger partial charge on any atom is -0.497 e. The number of nitrogens with zero attached hydrogens (tertiary/aromatic N) is 1. The number of hydrogen-bond acceptors (Lipinski definition) is 7. The Morgan fingerprint density at radius 2 is 1.83 bits per heavy atom. The Bertz CT molecular complexity index is 1000. The van der Waals surface area contributed by atoms with Gasteiger partial charge in [-0.15, -0.1) is 11.3 Å². The summed E-state index contributed by atoms with van der Waals surface area (Å²) >= 11 is 1.30. The van der Waals surface area contributed by atoms with Crippen LogP contribution in [0.5, 0.6) is 11.5 Å². The molecule has 7 nitrogen and oxygen atoms in total. The summed E-state index contributed by atoms with van der Waals surface area (Å²) in [6.45, 7) is 1.49. The van der Waals surface area contributed by atoms with Gasteiger partial charge < -0.3 is 14.2 Å². The van der Waals surface area contributed by atoms with Crippen molar-refractivity contribution in [2.45, 2.75) is 13.0 Å². The molecule has 0 spiro atoms. The van der Waals surface area contributed by atoms with Crippen LogP contribution in [-0.2, 0) is 9.53 Å². The van der Waals surface area contributed by atoms with Crippen molar-refractivity contribution >= 4 is 28.3 Å². The third-order valence-corrected chi connectivity index (χ3v) is 4.84. The monoisotopic (exact) mass is 412 g/mol. The molecule has 1 amide bonds. The van der Waals surface area contributed by atoms with Gasteiger partial charge in [0.1, 0.15) is 17.1 Å². The lowest BCUT2D eigenvalue weighted by Gasteiger charge is -2.14. The van der Waals surface area contributed by atoms with Gasteiger partial charge in [-0.3, -0.25) is 10.1 Å². The van der Waals surface area contributed by atoms with Crippen LogP contribution < -0.4 is 14.8 Å². The molecule has 1 heterocycles. The Kier molecular flexibility index (Phi) is 6.46. The first kappa shape index (κ1) is 20.3. The highest BCUT2D eigenvalue weighted by Gasteiger charge is 2.22. The second kappa shape index (κ2) is 9.20. The molecule has 8 heteroatoms. The number of carbonyl (C=O) groups excluding carboxylic acids is 2. The van der Waals surface area contributed by atoms with E-state index in [0.29, 0.717) is 16.6 Å². The molecular formula is C21H20N2O5S. The summed E-state index contributed by atoms with van der Waals surface area (Å²) in [6, 6.07) is 14.3. The maximum atomic E-state index is 12.4. The van der Waals surface area contributed by atoms with Crippen molar-refractivity contribution < 1.29 is 23.8 Å². The third kappa shape index (κ3) is 4.91. The molecule has 1 unspecified atom stereocenters. The molecule has 0 radical (unpaired) electrons. The lowest BCUT2D eigenvalue weighted by Crippen LogP contribution is -2.30. The zero-order valence-electron chi connectivity index (χ0n) is 16.2. The fraction of sp³-hybridized carbons (Fsp3) is 0.190. The first-order valence-corrected chi connectivity index (χ1v) is 9.64. The molecule has 3 aromatic rings. The van der Waals surface area contributed by atoms with Crippen LogP contribution in [0.3, 0.4) is 0 Å². The van der Waals surface area contributed by atoms with Crippen molar-refractivity contribution in [3.8, 4) is 22.8 Å². The fourth-order valence-electron chi connectivity index (χ4n) is 2.52. The third-order valence-electron chi connectivity index (χ3n) is 4.09. The number of thiazole rings is 1. The number of ether oxygens (including phenoxy) is 3. The summed E-state index contributed by atoms with van der Waals surface area (Å²) in [6.07, 6.45) is -1.02. The highest BCUT2D eigenvalue weighted by molar-refractivity contribution is 7.14. The number of amides is 1. The molecule has 0 saturated heterocycles. The van der Waals surface area contributed by atoms with Gasteiger partial charge in [0.25, 0.3) is 5.91 Å². The lowest BCUT2D eigenvalue weighted by atomic mass is 10.2. The topological polar surface area (TPSA) is 86.8 Å². The molecule has 1 atom stereocenters. The second-order valence-electron chi connectivity index (χ2n) is 6.01. The molecule has 150 valence electrons. The number of anilines is 1. The highest BCUT2D eigenvalue weighted by Crippen LogP contribution is 2.26. The maximum absolute atomic E-state index is 12.4. The quantitative estimate of drug-likeness (QED) is 0.590. The number of carbonyl (C=O) groups is 2. The van der Waals surface area contributed by atoms with Crippen LogP contribution >= 0.6 is 11.3 Å². The number of rotatable bonds is 7. The van der Waals surface area contributed by atoms with Crippen LogP contribution in [0.4, 0.5) is 5.13 Å². The molecule has 3 rings (SSSR count). The summed E-state index contributed by atoms with van der Waals surface area (Å²) in [5.41, 5.74) is 1.92.